The van der Waals surface area contributed by atoms with Crippen molar-refractivity contribution < 1.29 is 36.8 Å². The number of carboxylic acids is 1. The Hall–Kier alpha value is -3.15. The van der Waals surface area contributed by atoms with Crippen molar-refractivity contribution in [1.29, 1.82) is 0 Å². The van der Waals surface area contributed by atoms with Crippen LogP contribution in [0.4, 0.5) is 0 Å². The van der Waals surface area contributed by atoms with Gasteiger partial charge in [0.05, 0.1) is 18.0 Å². The van der Waals surface area contributed by atoms with Gasteiger partial charge in [0.1, 0.15) is 4.90 Å². The molecule has 9 nitrogen and oxygen atoms in total. The van der Waals surface area contributed by atoms with Crippen molar-refractivity contribution in [1.82, 2.24) is 4.90 Å². The molecule has 0 aromatic heterocycles. The second kappa shape index (κ2) is 11.6. The van der Waals surface area contributed by atoms with Gasteiger partial charge in [-0.15, -0.1) is 0 Å². The van der Waals surface area contributed by atoms with E-state index >= 15 is 0 Å². The third-order valence-corrected chi connectivity index (χ3v) is 9.59. The molecule has 0 amide bonds. The molecule has 0 saturated carbocycles. The average Bonchev–Trinajstić information content (AvgIpc) is 2.92. The molecule has 1 aliphatic heterocycles. The summed E-state index contributed by atoms with van der Waals surface area (Å²) in [4.78, 5) is 40.2. The molecule has 0 atom stereocenters. The van der Waals surface area contributed by atoms with E-state index in [1.807, 2.05) is 4.90 Å². The minimum Gasteiger partial charge on any atom is -0.493 e. The summed E-state index contributed by atoms with van der Waals surface area (Å²) in [6.45, 7) is 0.169. The Morgan fingerprint density at radius 3 is 2.15 bits per heavy atom. The number of carbonyl (C=O) groups is 3. The van der Waals surface area contributed by atoms with E-state index < -0.39 is 22.0 Å². The van der Waals surface area contributed by atoms with Gasteiger partial charge < -0.3 is 18.9 Å². The number of halogens is 2. The lowest BCUT2D eigenvalue weighted by Crippen LogP contribution is -2.39. The lowest BCUT2D eigenvalue weighted by atomic mass is 9.71. The van der Waals surface area contributed by atoms with Gasteiger partial charge >= 0.3 is 16.1 Å². The number of ketones is 2. The van der Waals surface area contributed by atoms with E-state index in [9.17, 15) is 27.9 Å². The van der Waals surface area contributed by atoms with E-state index in [1.165, 1.54) is 31.4 Å². The quantitative estimate of drug-likeness (QED) is 0.350. The van der Waals surface area contributed by atoms with Crippen LogP contribution < -0.4 is 8.92 Å². The predicted octanol–water partition coefficient (Wildman–Crippen LogP) is 5.77. The van der Waals surface area contributed by atoms with Crippen LogP contribution in [-0.2, 0) is 24.5 Å². The molecule has 0 fully saturated rings. The van der Waals surface area contributed by atoms with Gasteiger partial charge in [-0.25, -0.2) is 0 Å². The number of Topliss-reactive ketones (excluding diaryl/α,β-unsaturated/α-hetero) is 2. The van der Waals surface area contributed by atoms with Crippen LogP contribution in [0.2, 0.25) is 5.02 Å². The van der Waals surface area contributed by atoms with Crippen molar-refractivity contribution in [3.05, 3.63) is 74.0 Å². The Kier molecular flexibility index (Phi) is 8.31. The maximum Gasteiger partial charge on any atom is 0.339 e. The second-order valence-electron chi connectivity index (χ2n) is 10.0. The fraction of sp³-hybridized carbons (Fsp3) is 0.345. The fourth-order valence-electron chi connectivity index (χ4n) is 5.77. The normalized spacial score (nSPS) is 17.9. The number of benzene rings is 2. The van der Waals surface area contributed by atoms with Gasteiger partial charge in [0.2, 0.25) is 0 Å². The molecule has 12 heteroatoms. The first-order chi connectivity index (χ1) is 19.5. The monoisotopic (exact) mass is 663 g/mol. The molecule has 3 aliphatic rings. The smallest absolute Gasteiger partial charge is 0.339 e. The summed E-state index contributed by atoms with van der Waals surface area (Å²) in [5, 5.41) is 9.75. The lowest BCUT2D eigenvalue weighted by molar-refractivity contribution is -0.137. The summed E-state index contributed by atoms with van der Waals surface area (Å²) in [5.74, 6) is -1.84. The highest BCUT2D eigenvalue weighted by molar-refractivity contribution is 9.10. The average molecular weight is 665 g/mol. The van der Waals surface area contributed by atoms with Crippen LogP contribution in [0.1, 0.15) is 56.4 Å². The lowest BCUT2D eigenvalue weighted by Gasteiger charge is -2.44. The molecular weight excluding hydrogens is 638 g/mol. The van der Waals surface area contributed by atoms with Crippen molar-refractivity contribution in [2.45, 2.75) is 55.8 Å². The zero-order valence-corrected chi connectivity index (χ0v) is 25.3. The molecule has 216 valence electrons. The third kappa shape index (κ3) is 5.67. The number of rotatable bonds is 8. The van der Waals surface area contributed by atoms with Crippen molar-refractivity contribution in [2.75, 3.05) is 13.7 Å². The maximum atomic E-state index is 13.5. The van der Waals surface area contributed by atoms with E-state index in [0.717, 1.165) is 11.4 Å². The predicted molar refractivity (Wildman–Crippen MR) is 153 cm³/mol. The SMILES string of the molecule is COc1cc(C2C3=C(CCCC3=O)N(CCC(=O)O)C3=C2C(=O)CCC3)cc(Br)c1OS(=O)(=O)c1ccc(Cl)cc1. The second-order valence-corrected chi connectivity index (χ2v) is 12.9. The summed E-state index contributed by atoms with van der Waals surface area (Å²) >= 11 is 9.33. The molecule has 2 aromatic carbocycles. The maximum absolute atomic E-state index is 13.5. The van der Waals surface area contributed by atoms with Crippen LogP contribution in [0.15, 0.2) is 68.3 Å². The highest BCUT2D eigenvalue weighted by atomic mass is 79.9. The van der Waals surface area contributed by atoms with Gasteiger partial charge in [-0.2, -0.15) is 8.42 Å². The van der Waals surface area contributed by atoms with Crippen LogP contribution in [0.3, 0.4) is 0 Å². The number of hydrogen-bond donors (Lipinski definition) is 1. The van der Waals surface area contributed by atoms with Gasteiger partial charge in [-0.3, -0.25) is 14.4 Å². The summed E-state index contributed by atoms with van der Waals surface area (Å²) in [5.41, 5.74) is 3.02. The molecule has 0 spiro atoms. The van der Waals surface area contributed by atoms with Gasteiger partial charge in [0.15, 0.2) is 23.1 Å². The Morgan fingerprint density at radius 2 is 1.61 bits per heavy atom. The van der Waals surface area contributed by atoms with Crippen LogP contribution >= 0.6 is 27.5 Å². The zero-order valence-electron chi connectivity index (χ0n) is 22.1. The number of carbonyl (C=O) groups excluding carboxylic acids is 2. The number of aliphatic carboxylic acids is 1. The molecule has 0 unspecified atom stereocenters. The molecule has 2 aliphatic carbocycles. The van der Waals surface area contributed by atoms with Crippen molar-refractivity contribution >= 4 is 55.2 Å². The van der Waals surface area contributed by atoms with E-state index in [0.29, 0.717) is 60.3 Å². The Labute approximate surface area is 251 Å². The summed E-state index contributed by atoms with van der Waals surface area (Å²) < 4.78 is 37.4. The standard InChI is InChI=1S/C29H27BrClNO8S/c1-39-24-15-16(14-19(30)29(24)40-41(37,38)18-10-8-17(31)9-11-18)26-27-20(4-2-6-22(27)33)32(13-12-25(35)36)21-5-3-7-23(34)28(21)26/h8-11,14-15,26H,2-7,12-13H2,1H3,(H,35,36). The Morgan fingerprint density at radius 1 is 1.02 bits per heavy atom. The van der Waals surface area contributed by atoms with E-state index in [-0.39, 0.29) is 45.4 Å². The first-order valence-corrected chi connectivity index (χ1v) is 15.7. The number of hydrogen-bond acceptors (Lipinski definition) is 8. The largest absolute Gasteiger partial charge is 0.493 e. The van der Waals surface area contributed by atoms with Gasteiger partial charge in [0.25, 0.3) is 0 Å². The Balaban J connectivity index is 1.63. The molecule has 2 aromatic rings. The minimum absolute atomic E-state index is 0.0848. The zero-order chi connectivity index (χ0) is 29.5. The molecule has 0 radical (unpaired) electrons. The summed E-state index contributed by atoms with van der Waals surface area (Å²) in [6, 6.07) is 8.77. The number of methoxy groups -OCH3 is 1. The van der Waals surface area contributed by atoms with Crippen molar-refractivity contribution in [3.63, 3.8) is 0 Å². The molecule has 0 saturated heterocycles. The van der Waals surface area contributed by atoms with Crippen molar-refractivity contribution in [3.8, 4) is 11.5 Å². The fourth-order valence-corrected chi connectivity index (χ4v) is 7.50. The number of allylic oxidation sites excluding steroid dienone is 4. The molecule has 41 heavy (non-hydrogen) atoms. The summed E-state index contributed by atoms with van der Waals surface area (Å²) in [6.07, 6.45) is 2.94. The number of carboxylic acid groups (broad SMARTS) is 1. The first kappa shape index (κ1) is 29.3. The Bertz CT molecular complexity index is 1570. The van der Waals surface area contributed by atoms with E-state index in [1.54, 1.807) is 12.1 Å². The minimum atomic E-state index is -4.25. The molecule has 5 rings (SSSR count). The van der Waals surface area contributed by atoms with Gasteiger partial charge in [-0.05, 0) is 83.6 Å². The first-order valence-electron chi connectivity index (χ1n) is 13.1. The van der Waals surface area contributed by atoms with E-state index in [4.69, 9.17) is 20.5 Å². The topological polar surface area (TPSA) is 127 Å². The third-order valence-electron chi connectivity index (χ3n) is 7.52. The molecular formula is C29H27BrClNO8S. The number of nitrogens with zero attached hydrogens (tertiary/aromatic N) is 1. The number of ether oxygens (including phenoxy) is 1. The van der Waals surface area contributed by atoms with Crippen LogP contribution in [0.25, 0.3) is 0 Å². The molecule has 1 N–H and O–H groups in total. The van der Waals surface area contributed by atoms with Crippen LogP contribution in [0, 0.1) is 0 Å². The van der Waals surface area contributed by atoms with Crippen LogP contribution in [-0.4, -0.2) is 49.6 Å². The highest BCUT2D eigenvalue weighted by Gasteiger charge is 2.43. The van der Waals surface area contributed by atoms with E-state index in [2.05, 4.69) is 15.9 Å². The summed E-state index contributed by atoms with van der Waals surface area (Å²) in [7, 11) is -2.88. The van der Waals surface area contributed by atoms with Gasteiger partial charge in [-0.1, -0.05) is 11.6 Å². The van der Waals surface area contributed by atoms with Crippen molar-refractivity contribution in [2.24, 2.45) is 0 Å². The highest BCUT2D eigenvalue weighted by Crippen LogP contribution is 2.51. The molecule has 0 bridgehead atoms. The van der Waals surface area contributed by atoms with Gasteiger partial charge in [0, 0.05) is 52.9 Å². The molecule has 1 heterocycles. The van der Waals surface area contributed by atoms with Crippen LogP contribution in [0.5, 0.6) is 11.5 Å².